The van der Waals surface area contributed by atoms with E-state index in [2.05, 4.69) is 121 Å². The lowest BCUT2D eigenvalue weighted by molar-refractivity contribution is 0.469. The Bertz CT molecular complexity index is 742. The average Bonchev–Trinajstić information content (AvgIpc) is 2.93. The lowest BCUT2D eigenvalue weighted by Crippen LogP contribution is -2.17. The van der Waals surface area contributed by atoms with Crippen LogP contribution < -0.4 is 0 Å². The summed E-state index contributed by atoms with van der Waals surface area (Å²) in [5, 5.41) is 0. The molecular formula is C25H32I2. The van der Waals surface area contributed by atoms with Crippen molar-refractivity contribution in [1.29, 1.82) is 0 Å². The summed E-state index contributed by atoms with van der Waals surface area (Å²) in [5.74, 6) is 1.47. The van der Waals surface area contributed by atoms with Crippen molar-refractivity contribution >= 4 is 45.2 Å². The minimum absolute atomic E-state index is 0.228. The Kier molecular flexibility index (Phi) is 7.32. The van der Waals surface area contributed by atoms with Gasteiger partial charge in [0.05, 0.1) is 0 Å². The van der Waals surface area contributed by atoms with Gasteiger partial charge in [-0.3, -0.25) is 0 Å². The largest absolute Gasteiger partial charge is 0.0823 e. The third-order valence-electron chi connectivity index (χ3n) is 6.10. The third kappa shape index (κ3) is 5.29. The number of rotatable bonds is 5. The summed E-state index contributed by atoms with van der Waals surface area (Å²) in [6.45, 7) is 9.16. The van der Waals surface area contributed by atoms with Gasteiger partial charge >= 0.3 is 0 Å². The van der Waals surface area contributed by atoms with Gasteiger partial charge in [-0.05, 0) is 65.2 Å². The number of aryl methyl sites for hydroxylation is 2. The smallest absolute Gasteiger partial charge is 0.0191 e. The van der Waals surface area contributed by atoms with Crippen LogP contribution in [0.3, 0.4) is 0 Å². The molecule has 1 saturated carbocycles. The molecule has 3 rings (SSSR count). The summed E-state index contributed by atoms with van der Waals surface area (Å²) >= 11 is 5.43. The second-order valence-electron chi connectivity index (χ2n) is 9.04. The number of halogens is 2. The molecule has 0 heterocycles. The molecule has 0 N–H and O–H groups in total. The monoisotopic (exact) mass is 586 g/mol. The maximum Gasteiger partial charge on any atom is 0.0191 e. The maximum absolute atomic E-state index is 2.72. The average molecular weight is 586 g/mol. The van der Waals surface area contributed by atoms with Gasteiger partial charge in [0.2, 0.25) is 0 Å². The molecule has 2 aromatic carbocycles. The number of benzene rings is 2. The van der Waals surface area contributed by atoms with Crippen LogP contribution in [0.15, 0.2) is 48.5 Å². The molecule has 4 atom stereocenters. The zero-order valence-corrected chi connectivity index (χ0v) is 21.3. The van der Waals surface area contributed by atoms with Gasteiger partial charge in [-0.25, -0.2) is 0 Å². The summed E-state index contributed by atoms with van der Waals surface area (Å²) < 4.78 is 1.54. The lowest BCUT2D eigenvalue weighted by atomic mass is 9.83. The maximum atomic E-state index is 2.72. The summed E-state index contributed by atoms with van der Waals surface area (Å²) in [6.07, 6.45) is 4.96. The molecule has 1 aliphatic carbocycles. The van der Waals surface area contributed by atoms with Crippen LogP contribution in [0, 0.1) is 5.92 Å². The van der Waals surface area contributed by atoms with E-state index < -0.39 is 0 Å². The highest BCUT2D eigenvalue weighted by molar-refractivity contribution is 14.1. The molecule has 0 aliphatic heterocycles. The standard InChI is InChI=1S/C25H32I2/c1-5-17-9-12-19(13-10-17)24-21(22(26)16-23(24)27)14-11-18-7-6-8-20(15-18)25(2,3)4/h6-10,12-13,15,21-24H,5,11,14,16H2,1-4H3/t21-,22?,23?,24+/m0/s1. The Labute approximate surface area is 193 Å². The SMILES string of the molecule is CCc1ccc([C@H]2C(I)CC(I)[C@@H]2CCc2cccc(C(C)(C)C)c2)cc1. The minimum atomic E-state index is 0.228. The van der Waals surface area contributed by atoms with Crippen molar-refractivity contribution in [2.24, 2.45) is 5.92 Å². The van der Waals surface area contributed by atoms with Crippen LogP contribution in [-0.2, 0) is 18.3 Å². The summed E-state index contributed by atoms with van der Waals surface area (Å²) in [4.78, 5) is 0. The molecular weight excluding hydrogens is 554 g/mol. The van der Waals surface area contributed by atoms with Gasteiger partial charge in [-0.2, -0.15) is 0 Å². The van der Waals surface area contributed by atoms with Crippen LogP contribution in [0.2, 0.25) is 0 Å². The first-order chi connectivity index (χ1) is 12.8. The first-order valence-corrected chi connectivity index (χ1v) is 12.7. The predicted octanol–water partition coefficient (Wildman–Crippen LogP) is 7.89. The van der Waals surface area contributed by atoms with Gasteiger partial charge in [0.25, 0.3) is 0 Å². The molecule has 0 saturated heterocycles. The van der Waals surface area contributed by atoms with Crippen LogP contribution in [0.1, 0.15) is 68.7 Å². The molecule has 1 aliphatic rings. The minimum Gasteiger partial charge on any atom is -0.0823 e. The first kappa shape index (κ1) is 21.6. The molecule has 0 amide bonds. The Morgan fingerprint density at radius 2 is 1.63 bits per heavy atom. The van der Waals surface area contributed by atoms with Gasteiger partial charge in [-0.1, -0.05) is 121 Å². The Hall–Kier alpha value is -0.100. The first-order valence-electron chi connectivity index (χ1n) is 10.3. The van der Waals surface area contributed by atoms with Crippen molar-refractivity contribution in [2.75, 3.05) is 0 Å². The highest BCUT2D eigenvalue weighted by Gasteiger charge is 2.41. The molecule has 2 aromatic rings. The number of alkyl halides is 2. The fourth-order valence-corrected chi connectivity index (χ4v) is 8.17. The van der Waals surface area contributed by atoms with Crippen LogP contribution >= 0.6 is 45.2 Å². The van der Waals surface area contributed by atoms with E-state index >= 15 is 0 Å². The van der Waals surface area contributed by atoms with E-state index in [1.54, 1.807) is 5.56 Å². The molecule has 0 bridgehead atoms. The van der Waals surface area contributed by atoms with Crippen LogP contribution in [0.5, 0.6) is 0 Å². The molecule has 27 heavy (non-hydrogen) atoms. The van der Waals surface area contributed by atoms with Crippen LogP contribution in [-0.4, -0.2) is 7.85 Å². The molecule has 0 aromatic heterocycles. The highest BCUT2D eigenvalue weighted by Crippen LogP contribution is 2.49. The topological polar surface area (TPSA) is 0 Å². The van der Waals surface area contributed by atoms with Gasteiger partial charge in [0.15, 0.2) is 0 Å². The molecule has 2 heteroatoms. The van der Waals surface area contributed by atoms with E-state index in [0.717, 1.165) is 20.2 Å². The van der Waals surface area contributed by atoms with E-state index in [1.807, 2.05) is 0 Å². The Balaban J connectivity index is 1.75. The Morgan fingerprint density at radius 1 is 0.926 bits per heavy atom. The second-order valence-corrected chi connectivity index (χ2v) is 12.2. The van der Waals surface area contributed by atoms with Crippen molar-refractivity contribution in [3.8, 4) is 0 Å². The van der Waals surface area contributed by atoms with Gasteiger partial charge < -0.3 is 0 Å². The van der Waals surface area contributed by atoms with E-state index in [1.165, 1.54) is 36.0 Å². The quantitative estimate of drug-likeness (QED) is 0.247. The number of hydrogen-bond donors (Lipinski definition) is 0. The van der Waals surface area contributed by atoms with Crippen molar-refractivity contribution in [1.82, 2.24) is 0 Å². The van der Waals surface area contributed by atoms with Gasteiger partial charge in [0.1, 0.15) is 0 Å². The van der Waals surface area contributed by atoms with E-state index in [-0.39, 0.29) is 5.41 Å². The van der Waals surface area contributed by atoms with Gasteiger partial charge in [0, 0.05) is 7.85 Å². The molecule has 146 valence electrons. The zero-order valence-electron chi connectivity index (χ0n) is 17.0. The normalized spacial score (nSPS) is 25.7. The predicted molar refractivity (Wildman–Crippen MR) is 136 cm³/mol. The zero-order chi connectivity index (χ0) is 19.6. The molecule has 0 radical (unpaired) electrons. The lowest BCUT2D eigenvalue weighted by Gasteiger charge is -2.25. The molecule has 1 fully saturated rings. The van der Waals surface area contributed by atoms with Gasteiger partial charge in [-0.15, -0.1) is 0 Å². The van der Waals surface area contributed by atoms with Crippen LogP contribution in [0.4, 0.5) is 0 Å². The highest BCUT2D eigenvalue weighted by atomic mass is 127. The fourth-order valence-electron chi connectivity index (χ4n) is 4.35. The third-order valence-corrected chi connectivity index (χ3v) is 8.81. The van der Waals surface area contributed by atoms with Crippen molar-refractivity contribution in [3.63, 3.8) is 0 Å². The van der Waals surface area contributed by atoms with Crippen LogP contribution in [0.25, 0.3) is 0 Å². The van der Waals surface area contributed by atoms with E-state index in [9.17, 15) is 0 Å². The van der Waals surface area contributed by atoms with Crippen molar-refractivity contribution in [3.05, 3.63) is 70.8 Å². The Morgan fingerprint density at radius 3 is 2.26 bits per heavy atom. The van der Waals surface area contributed by atoms with E-state index in [4.69, 9.17) is 0 Å². The summed E-state index contributed by atoms with van der Waals surface area (Å²) in [5.41, 5.74) is 6.19. The molecule has 2 unspecified atom stereocenters. The fraction of sp³-hybridized carbons (Fsp3) is 0.520. The second kappa shape index (κ2) is 9.15. The summed E-state index contributed by atoms with van der Waals surface area (Å²) in [6, 6.07) is 18.7. The van der Waals surface area contributed by atoms with Crippen molar-refractivity contribution < 1.29 is 0 Å². The molecule has 0 nitrogen and oxygen atoms in total. The summed E-state index contributed by atoms with van der Waals surface area (Å²) in [7, 11) is 0. The van der Waals surface area contributed by atoms with Crippen molar-refractivity contribution in [2.45, 2.75) is 72.6 Å². The van der Waals surface area contributed by atoms with E-state index in [0.29, 0.717) is 5.92 Å². The number of hydrogen-bond acceptors (Lipinski definition) is 0. The molecule has 0 spiro atoms.